The monoisotopic (exact) mass is 259 g/mol. The molecule has 0 radical (unpaired) electrons. The third kappa shape index (κ3) is 2.13. The molecule has 4 rings (SSSR count). The van der Waals surface area contributed by atoms with Crippen LogP contribution in [0.25, 0.3) is 0 Å². The summed E-state index contributed by atoms with van der Waals surface area (Å²) in [6.45, 7) is 7.08. The Hall–Kier alpha value is -0.480. The molecular weight excluding hydrogens is 230 g/mol. The van der Waals surface area contributed by atoms with E-state index in [1.807, 2.05) is 6.92 Å². The van der Waals surface area contributed by atoms with Crippen molar-refractivity contribution in [1.29, 1.82) is 0 Å². The van der Waals surface area contributed by atoms with Gasteiger partial charge in [-0.05, 0) is 74.7 Å². The molecule has 4 fully saturated rings. The zero-order chi connectivity index (χ0) is 13.7. The second-order valence-electron chi connectivity index (χ2n) is 8.46. The lowest BCUT2D eigenvalue weighted by Gasteiger charge is -2.67. The Kier molecular flexibility index (Phi) is 3.02. The first kappa shape index (κ1) is 13.5. The average molecular weight is 259 g/mol. The Labute approximate surface area is 118 Å². The summed E-state index contributed by atoms with van der Waals surface area (Å²) in [5.74, 6) is 7.41. The van der Waals surface area contributed by atoms with Crippen LogP contribution in [0.5, 0.6) is 0 Å². The Bertz CT molecular complexity index is 409. The van der Waals surface area contributed by atoms with Crippen molar-refractivity contribution < 1.29 is 0 Å². The summed E-state index contributed by atoms with van der Waals surface area (Å²) >= 11 is 0. The van der Waals surface area contributed by atoms with E-state index in [1.54, 1.807) is 0 Å². The van der Waals surface area contributed by atoms with Crippen molar-refractivity contribution in [3.63, 3.8) is 0 Å². The van der Waals surface area contributed by atoms with Crippen molar-refractivity contribution in [1.82, 2.24) is 5.32 Å². The second-order valence-corrected chi connectivity index (χ2v) is 8.46. The number of hydrogen-bond acceptors (Lipinski definition) is 1. The molecule has 0 aromatic heterocycles. The maximum absolute atomic E-state index is 3.63. The highest BCUT2D eigenvalue weighted by atomic mass is 14.9. The molecule has 0 aromatic carbocycles. The zero-order valence-electron chi connectivity index (χ0n) is 13.1. The van der Waals surface area contributed by atoms with Crippen LogP contribution < -0.4 is 5.32 Å². The van der Waals surface area contributed by atoms with Gasteiger partial charge >= 0.3 is 0 Å². The van der Waals surface area contributed by atoms with E-state index in [2.05, 4.69) is 38.1 Å². The lowest BCUT2D eigenvalue weighted by Crippen LogP contribution is -2.61. The summed E-state index contributed by atoms with van der Waals surface area (Å²) in [6.07, 6.45) is 9.79. The van der Waals surface area contributed by atoms with E-state index in [0.29, 0.717) is 22.3 Å². The summed E-state index contributed by atoms with van der Waals surface area (Å²) in [4.78, 5) is 0. The highest BCUT2D eigenvalue weighted by Crippen LogP contribution is 2.70. The van der Waals surface area contributed by atoms with Crippen molar-refractivity contribution in [2.75, 3.05) is 7.05 Å². The van der Waals surface area contributed by atoms with Crippen LogP contribution >= 0.6 is 0 Å². The lowest BCUT2D eigenvalue weighted by atomic mass is 9.39. The Balaban J connectivity index is 1.92. The molecule has 0 aliphatic heterocycles. The number of hydrogen-bond donors (Lipinski definition) is 1. The average Bonchev–Trinajstić information content (AvgIpc) is 2.24. The van der Waals surface area contributed by atoms with Crippen molar-refractivity contribution >= 4 is 0 Å². The molecule has 1 N–H and O–H groups in total. The first-order valence-electron chi connectivity index (χ1n) is 8.00. The van der Waals surface area contributed by atoms with Crippen molar-refractivity contribution in [2.24, 2.45) is 22.2 Å². The second kappa shape index (κ2) is 4.26. The third-order valence-corrected chi connectivity index (χ3v) is 6.24. The van der Waals surface area contributed by atoms with Crippen LogP contribution in [-0.4, -0.2) is 13.1 Å². The van der Waals surface area contributed by atoms with Gasteiger partial charge in [0, 0.05) is 12.5 Å². The first-order valence-corrected chi connectivity index (χ1v) is 8.00. The SMILES string of the molecule is CC#CCC(NC)C12CC3CC(C)(CC(C)(C3)C1)C2. The van der Waals surface area contributed by atoms with Crippen LogP contribution in [0.2, 0.25) is 0 Å². The summed E-state index contributed by atoms with van der Waals surface area (Å²) in [7, 11) is 2.14. The van der Waals surface area contributed by atoms with E-state index in [9.17, 15) is 0 Å². The molecule has 19 heavy (non-hydrogen) atoms. The van der Waals surface area contributed by atoms with E-state index in [-0.39, 0.29) is 0 Å². The van der Waals surface area contributed by atoms with Crippen molar-refractivity contribution in [3.05, 3.63) is 0 Å². The van der Waals surface area contributed by atoms with Crippen LogP contribution in [0.15, 0.2) is 0 Å². The fraction of sp³-hybridized carbons (Fsp3) is 0.889. The molecule has 3 atom stereocenters. The summed E-state index contributed by atoms with van der Waals surface area (Å²) < 4.78 is 0. The smallest absolute Gasteiger partial charge is 0.0248 e. The van der Waals surface area contributed by atoms with Gasteiger partial charge in [-0.2, -0.15) is 0 Å². The Morgan fingerprint density at radius 1 is 1.11 bits per heavy atom. The van der Waals surface area contributed by atoms with Gasteiger partial charge in [0.25, 0.3) is 0 Å². The number of nitrogens with one attached hydrogen (secondary N) is 1. The molecule has 4 aliphatic carbocycles. The topological polar surface area (TPSA) is 12.0 Å². The van der Waals surface area contributed by atoms with Gasteiger partial charge in [0.15, 0.2) is 0 Å². The normalized spacial score (nSPS) is 48.7. The highest BCUT2D eigenvalue weighted by molar-refractivity contribution is 5.15. The molecule has 106 valence electrons. The van der Waals surface area contributed by atoms with Gasteiger partial charge in [-0.1, -0.05) is 13.8 Å². The summed E-state index contributed by atoms with van der Waals surface area (Å²) in [5, 5.41) is 3.63. The Morgan fingerprint density at radius 2 is 1.74 bits per heavy atom. The molecule has 0 heterocycles. The van der Waals surface area contributed by atoms with Gasteiger partial charge in [0.05, 0.1) is 0 Å². The van der Waals surface area contributed by atoms with Crippen LogP contribution in [-0.2, 0) is 0 Å². The van der Waals surface area contributed by atoms with Crippen LogP contribution in [0.1, 0.15) is 65.7 Å². The molecule has 0 aromatic rings. The predicted octanol–water partition coefficient (Wildman–Crippen LogP) is 3.98. The first-order chi connectivity index (χ1) is 8.93. The molecular formula is C18H29N. The van der Waals surface area contributed by atoms with Crippen LogP contribution in [0.3, 0.4) is 0 Å². The minimum absolute atomic E-state index is 0.529. The minimum atomic E-state index is 0.529. The molecule has 4 aliphatic rings. The molecule has 0 saturated heterocycles. The quantitative estimate of drug-likeness (QED) is 0.756. The van der Waals surface area contributed by atoms with E-state index < -0.39 is 0 Å². The van der Waals surface area contributed by atoms with Crippen molar-refractivity contribution in [2.45, 2.75) is 71.8 Å². The number of rotatable bonds is 3. The predicted molar refractivity (Wildman–Crippen MR) is 80.8 cm³/mol. The fourth-order valence-electron chi connectivity index (χ4n) is 6.75. The largest absolute Gasteiger partial charge is 0.315 e. The standard InChI is InChI=1S/C18H29N/c1-5-6-7-15(19-4)18-10-14-8-16(2,12-18)11-17(3,9-14)13-18/h14-15,19H,7-13H2,1-4H3. The minimum Gasteiger partial charge on any atom is -0.315 e. The van der Waals surface area contributed by atoms with E-state index in [1.165, 1.54) is 38.5 Å². The highest BCUT2D eigenvalue weighted by Gasteiger charge is 2.61. The maximum Gasteiger partial charge on any atom is 0.0248 e. The van der Waals surface area contributed by atoms with Gasteiger partial charge < -0.3 is 5.32 Å². The van der Waals surface area contributed by atoms with Crippen LogP contribution in [0.4, 0.5) is 0 Å². The fourth-order valence-corrected chi connectivity index (χ4v) is 6.75. The van der Waals surface area contributed by atoms with E-state index in [4.69, 9.17) is 0 Å². The van der Waals surface area contributed by atoms with Gasteiger partial charge in [-0.3, -0.25) is 0 Å². The maximum atomic E-state index is 3.63. The van der Waals surface area contributed by atoms with Crippen LogP contribution in [0, 0.1) is 34.0 Å². The molecule has 4 bridgehead atoms. The van der Waals surface area contributed by atoms with Gasteiger partial charge in [0.2, 0.25) is 0 Å². The third-order valence-electron chi connectivity index (χ3n) is 6.24. The van der Waals surface area contributed by atoms with Gasteiger partial charge in [0.1, 0.15) is 0 Å². The molecule has 0 amide bonds. The molecule has 1 nitrogen and oxygen atoms in total. The Morgan fingerprint density at radius 3 is 2.21 bits per heavy atom. The summed E-state index contributed by atoms with van der Waals surface area (Å²) in [6, 6.07) is 0.599. The van der Waals surface area contributed by atoms with Gasteiger partial charge in [-0.15, -0.1) is 11.8 Å². The lowest BCUT2D eigenvalue weighted by molar-refractivity contribution is -0.156. The molecule has 3 unspecified atom stereocenters. The van der Waals surface area contributed by atoms with Gasteiger partial charge in [-0.25, -0.2) is 0 Å². The molecule has 4 saturated carbocycles. The van der Waals surface area contributed by atoms with Crippen molar-refractivity contribution in [3.8, 4) is 11.8 Å². The van der Waals surface area contributed by atoms with E-state index >= 15 is 0 Å². The zero-order valence-corrected chi connectivity index (χ0v) is 13.1. The molecule has 1 heteroatoms. The summed E-state index contributed by atoms with van der Waals surface area (Å²) in [5.41, 5.74) is 1.76. The molecule has 0 spiro atoms. The van der Waals surface area contributed by atoms with E-state index in [0.717, 1.165) is 12.3 Å².